The Morgan fingerprint density at radius 2 is 2.00 bits per heavy atom. The van der Waals surface area contributed by atoms with Crippen LogP contribution in [0, 0.1) is 0 Å². The molecule has 0 saturated carbocycles. The van der Waals surface area contributed by atoms with E-state index in [1.807, 2.05) is 0 Å². The maximum absolute atomic E-state index is 9.87. The number of hydrogen-bond acceptors (Lipinski definition) is 1. The molecule has 0 heterocycles. The van der Waals surface area contributed by atoms with E-state index >= 15 is 0 Å². The van der Waals surface area contributed by atoms with Gasteiger partial charge >= 0.3 is 25.8 Å². The third-order valence-corrected chi connectivity index (χ3v) is 0.994. The number of carboxylic acids is 1. The van der Waals surface area contributed by atoms with Gasteiger partial charge in [-0.25, -0.2) is 0 Å². The molecule has 1 N–H and O–H groups in total. The average Bonchev–Trinajstić information content (AvgIpc) is 1.66. The number of carboxylic acid groups (broad SMARTS) is 1. The molecule has 0 atom stereocenters. The van der Waals surface area contributed by atoms with Crippen LogP contribution >= 0.6 is 0 Å². The van der Waals surface area contributed by atoms with E-state index in [0.29, 0.717) is 6.42 Å². The Hall–Kier alpha value is 0.106. The van der Waals surface area contributed by atoms with Gasteiger partial charge in [-0.05, 0) is 6.42 Å². The second kappa shape index (κ2) is 8.11. The zero-order chi connectivity index (χ0) is 6.41. The van der Waals surface area contributed by atoms with Crippen LogP contribution in [-0.2, 0) is 4.79 Å². The van der Waals surface area contributed by atoms with E-state index in [4.69, 9.17) is 5.11 Å². The molecule has 0 amide bonds. The van der Waals surface area contributed by atoms with Gasteiger partial charge in [-0.15, -0.1) is 0 Å². The molecule has 0 spiro atoms. The predicted octanol–water partition coefficient (Wildman–Crippen LogP) is 0.467. The fraction of sp³-hybridized carbons (Fsp3) is 0.833. The van der Waals surface area contributed by atoms with Crippen LogP contribution in [0.2, 0.25) is 0 Å². The summed E-state index contributed by atoms with van der Waals surface area (Å²) >= 11 is 0. The molecular formula is C6H15GaO2. The van der Waals surface area contributed by atoms with Gasteiger partial charge in [0.25, 0.3) is 0 Å². The number of rotatable bonds is 4. The Morgan fingerprint density at radius 1 is 1.44 bits per heavy atom. The van der Waals surface area contributed by atoms with Gasteiger partial charge in [0, 0.05) is 6.42 Å². The molecule has 0 saturated heterocycles. The van der Waals surface area contributed by atoms with Gasteiger partial charge in [-0.3, -0.25) is 4.79 Å². The van der Waals surface area contributed by atoms with E-state index in [-0.39, 0.29) is 19.8 Å². The van der Waals surface area contributed by atoms with E-state index < -0.39 is 5.97 Å². The molecule has 0 fully saturated rings. The van der Waals surface area contributed by atoms with Crippen LogP contribution in [0.5, 0.6) is 0 Å². The molecule has 0 aliphatic carbocycles. The van der Waals surface area contributed by atoms with Gasteiger partial charge in [0.15, 0.2) is 0 Å². The van der Waals surface area contributed by atoms with Gasteiger partial charge in [-0.1, -0.05) is 19.8 Å². The van der Waals surface area contributed by atoms with Crippen molar-refractivity contribution < 1.29 is 9.90 Å². The van der Waals surface area contributed by atoms with E-state index in [9.17, 15) is 4.79 Å². The summed E-state index contributed by atoms with van der Waals surface area (Å²) in [6.07, 6.45) is 3.28. The fourth-order valence-electron chi connectivity index (χ4n) is 0.526. The molecule has 0 aromatic heterocycles. The standard InChI is InChI=1S/C6H12O2.Ga.3H/c1-2-3-4-5-6(7)8;;;;/h2-5H2,1H3,(H,7,8);;;;. The number of hydrogen-bond donors (Lipinski definition) is 1. The van der Waals surface area contributed by atoms with Gasteiger partial charge in [0.2, 0.25) is 0 Å². The molecule has 0 aliphatic rings. The summed E-state index contributed by atoms with van der Waals surface area (Å²) in [6, 6.07) is 0. The van der Waals surface area contributed by atoms with Crippen molar-refractivity contribution >= 4 is 25.8 Å². The fourth-order valence-corrected chi connectivity index (χ4v) is 0.526. The second-order valence-electron chi connectivity index (χ2n) is 1.85. The summed E-state index contributed by atoms with van der Waals surface area (Å²) in [4.78, 5) is 9.87. The SMILES string of the molecule is CCCCCC(=O)O.[GaH3]. The normalized spacial score (nSPS) is 8.11. The van der Waals surface area contributed by atoms with Crippen molar-refractivity contribution in [1.82, 2.24) is 0 Å². The van der Waals surface area contributed by atoms with E-state index in [1.54, 1.807) is 0 Å². The Bertz CT molecular complexity index is 73.5. The molecule has 0 unspecified atom stereocenters. The van der Waals surface area contributed by atoms with Crippen LogP contribution in [-0.4, -0.2) is 30.9 Å². The summed E-state index contributed by atoms with van der Waals surface area (Å²) in [5.74, 6) is -0.682. The molecule has 2 nitrogen and oxygen atoms in total. The number of carbonyl (C=O) groups is 1. The Balaban J connectivity index is 0. The van der Waals surface area contributed by atoms with E-state index in [2.05, 4.69) is 6.92 Å². The Kier molecular flexibility index (Phi) is 10.7. The quantitative estimate of drug-likeness (QED) is 0.515. The third kappa shape index (κ3) is 11.6. The summed E-state index contributed by atoms with van der Waals surface area (Å²) in [5, 5.41) is 8.14. The van der Waals surface area contributed by atoms with Crippen molar-refractivity contribution in [1.29, 1.82) is 0 Å². The minimum atomic E-state index is -0.682. The topological polar surface area (TPSA) is 37.3 Å². The molecule has 0 aliphatic heterocycles. The summed E-state index contributed by atoms with van der Waals surface area (Å²) in [6.45, 7) is 2.06. The van der Waals surface area contributed by atoms with Crippen LogP contribution in [0.25, 0.3) is 0 Å². The van der Waals surface area contributed by atoms with Crippen LogP contribution < -0.4 is 0 Å². The average molecular weight is 189 g/mol. The molecule has 0 bridgehead atoms. The van der Waals surface area contributed by atoms with Crippen molar-refractivity contribution in [3.05, 3.63) is 0 Å². The summed E-state index contributed by atoms with van der Waals surface area (Å²) < 4.78 is 0. The minimum absolute atomic E-state index is 0. The van der Waals surface area contributed by atoms with Gasteiger partial charge in [0.05, 0.1) is 0 Å². The van der Waals surface area contributed by atoms with Crippen molar-refractivity contribution in [3.63, 3.8) is 0 Å². The molecule has 54 valence electrons. The molecule has 0 aromatic carbocycles. The predicted molar refractivity (Wildman–Crippen MR) is 41.7 cm³/mol. The number of unbranched alkanes of at least 4 members (excludes halogenated alkanes) is 2. The molecular weight excluding hydrogens is 174 g/mol. The third-order valence-electron chi connectivity index (χ3n) is 0.994. The Labute approximate surface area is 68.7 Å². The van der Waals surface area contributed by atoms with Crippen LogP contribution in [0.15, 0.2) is 0 Å². The van der Waals surface area contributed by atoms with Crippen LogP contribution in [0.1, 0.15) is 32.6 Å². The first kappa shape index (κ1) is 11.8. The first-order valence-electron chi connectivity index (χ1n) is 2.99. The molecule has 0 aromatic rings. The van der Waals surface area contributed by atoms with Crippen molar-refractivity contribution in [3.8, 4) is 0 Å². The van der Waals surface area contributed by atoms with E-state index in [0.717, 1.165) is 19.3 Å². The first-order chi connectivity index (χ1) is 3.77. The van der Waals surface area contributed by atoms with Gasteiger partial charge < -0.3 is 5.11 Å². The maximum atomic E-state index is 9.87. The van der Waals surface area contributed by atoms with Crippen molar-refractivity contribution in [2.24, 2.45) is 0 Å². The van der Waals surface area contributed by atoms with Crippen LogP contribution in [0.4, 0.5) is 0 Å². The second-order valence-corrected chi connectivity index (χ2v) is 1.85. The van der Waals surface area contributed by atoms with Gasteiger partial charge in [0.1, 0.15) is 0 Å². The number of aliphatic carboxylic acids is 1. The molecule has 3 heteroatoms. The molecule has 0 radical (unpaired) electrons. The molecule has 9 heavy (non-hydrogen) atoms. The summed E-state index contributed by atoms with van der Waals surface area (Å²) in [5.41, 5.74) is 0. The van der Waals surface area contributed by atoms with Crippen molar-refractivity contribution in [2.75, 3.05) is 0 Å². The summed E-state index contributed by atoms with van der Waals surface area (Å²) in [7, 11) is 0. The monoisotopic (exact) mass is 188 g/mol. The molecule has 0 rings (SSSR count). The van der Waals surface area contributed by atoms with Crippen LogP contribution in [0.3, 0.4) is 0 Å². The zero-order valence-corrected chi connectivity index (χ0v) is 5.18. The first-order valence-corrected chi connectivity index (χ1v) is 2.99. The van der Waals surface area contributed by atoms with Gasteiger partial charge in [-0.2, -0.15) is 0 Å². The Morgan fingerprint density at radius 3 is 2.33 bits per heavy atom. The van der Waals surface area contributed by atoms with E-state index in [1.165, 1.54) is 0 Å². The van der Waals surface area contributed by atoms with Crippen molar-refractivity contribution in [2.45, 2.75) is 32.6 Å². The zero-order valence-electron chi connectivity index (χ0n) is 5.18.